The van der Waals surface area contributed by atoms with Crippen LogP contribution >= 0.6 is 23.5 Å². The minimum atomic E-state index is -0.0550. The first-order valence-electron chi connectivity index (χ1n) is 10.2. The van der Waals surface area contributed by atoms with Crippen molar-refractivity contribution in [3.8, 4) is 17.2 Å². The Hall–Kier alpha value is -1.97. The number of ether oxygens (including phenoxy) is 3. The van der Waals surface area contributed by atoms with Gasteiger partial charge in [0.1, 0.15) is 16.9 Å². The molecule has 7 nitrogen and oxygen atoms in total. The van der Waals surface area contributed by atoms with Gasteiger partial charge in [0.25, 0.3) is 0 Å². The van der Waals surface area contributed by atoms with Crippen molar-refractivity contribution in [2.75, 3.05) is 46.0 Å². The third-order valence-electron chi connectivity index (χ3n) is 5.07. The molecule has 2 aromatic rings. The Bertz CT molecular complexity index is 917. The summed E-state index contributed by atoms with van der Waals surface area (Å²) in [6.07, 6.45) is 0.569. The fraction of sp³-hybridized carbons (Fsp3) is 0.500. The lowest BCUT2D eigenvalue weighted by Crippen LogP contribution is -2.38. The number of fused-ring (bicyclic) bond motifs is 1. The van der Waals surface area contributed by atoms with Crippen LogP contribution in [-0.2, 0) is 17.1 Å². The van der Waals surface area contributed by atoms with Crippen molar-refractivity contribution < 1.29 is 23.4 Å². The van der Waals surface area contributed by atoms with Crippen LogP contribution in [0, 0.1) is 0 Å². The zero-order valence-electron chi connectivity index (χ0n) is 18.1. The molecule has 1 aromatic carbocycles. The molecule has 0 aliphatic carbocycles. The third kappa shape index (κ3) is 5.27. The van der Waals surface area contributed by atoms with E-state index in [0.29, 0.717) is 30.2 Å². The normalized spacial score (nSPS) is 18.1. The molecule has 0 saturated carbocycles. The van der Waals surface area contributed by atoms with Gasteiger partial charge in [-0.25, -0.2) is 0 Å². The monoisotopic (exact) mass is 464 g/mol. The largest absolute Gasteiger partial charge is 0.493 e. The predicted octanol–water partition coefficient (Wildman–Crippen LogP) is 3.98. The Morgan fingerprint density at radius 3 is 2.90 bits per heavy atom. The molecule has 1 fully saturated rings. The van der Waals surface area contributed by atoms with E-state index >= 15 is 0 Å². The molecule has 0 radical (unpaired) electrons. The Labute approximate surface area is 191 Å². The van der Waals surface area contributed by atoms with E-state index in [0.717, 1.165) is 40.9 Å². The maximum atomic E-state index is 12.7. The number of hydrogen-bond acceptors (Lipinski definition) is 8. The van der Waals surface area contributed by atoms with Crippen LogP contribution in [0.1, 0.15) is 28.9 Å². The van der Waals surface area contributed by atoms with Crippen molar-refractivity contribution in [2.45, 2.75) is 24.1 Å². The molecule has 0 spiro atoms. The minimum absolute atomic E-state index is 0.0550. The molecule has 31 heavy (non-hydrogen) atoms. The molecule has 9 heteroatoms. The van der Waals surface area contributed by atoms with Gasteiger partial charge in [-0.2, -0.15) is 11.8 Å². The lowest BCUT2D eigenvalue weighted by atomic mass is 10.1. The average Bonchev–Trinajstić information content (AvgIpc) is 3.40. The molecule has 2 aliphatic rings. The molecule has 1 aromatic heterocycles. The van der Waals surface area contributed by atoms with E-state index in [9.17, 15) is 4.79 Å². The molecule has 2 aliphatic heterocycles. The van der Waals surface area contributed by atoms with Crippen LogP contribution in [0.4, 0.5) is 0 Å². The number of carbonyl (C=O) groups is 1. The van der Waals surface area contributed by atoms with Gasteiger partial charge in [-0.1, -0.05) is 0 Å². The second-order valence-electron chi connectivity index (χ2n) is 7.68. The number of furan rings is 1. The van der Waals surface area contributed by atoms with E-state index < -0.39 is 0 Å². The maximum Gasteiger partial charge on any atom is 0.231 e. The summed E-state index contributed by atoms with van der Waals surface area (Å²) in [4.78, 5) is 16.8. The Kier molecular flexibility index (Phi) is 7.24. The van der Waals surface area contributed by atoms with Gasteiger partial charge in [0.05, 0.1) is 19.4 Å². The maximum absolute atomic E-state index is 12.7. The van der Waals surface area contributed by atoms with Gasteiger partial charge in [-0.3, -0.25) is 4.79 Å². The molecule has 3 heterocycles. The van der Waals surface area contributed by atoms with Crippen molar-refractivity contribution in [1.29, 1.82) is 0 Å². The van der Waals surface area contributed by atoms with Crippen molar-refractivity contribution >= 4 is 29.4 Å². The van der Waals surface area contributed by atoms with Gasteiger partial charge in [0.2, 0.25) is 18.4 Å². The first kappa shape index (κ1) is 22.2. The number of benzene rings is 1. The van der Waals surface area contributed by atoms with E-state index in [4.69, 9.17) is 18.6 Å². The molecular formula is C22H28N2O5S2. The highest BCUT2D eigenvalue weighted by Crippen LogP contribution is 2.46. The van der Waals surface area contributed by atoms with Crippen molar-refractivity contribution in [2.24, 2.45) is 0 Å². The number of methoxy groups -OCH3 is 1. The van der Waals surface area contributed by atoms with Crippen molar-refractivity contribution in [3.63, 3.8) is 0 Å². The third-order valence-corrected chi connectivity index (χ3v) is 7.31. The number of amides is 1. The van der Waals surface area contributed by atoms with Crippen LogP contribution in [0.25, 0.3) is 0 Å². The summed E-state index contributed by atoms with van der Waals surface area (Å²) in [5, 5.41) is -0.0550. The first-order valence-corrected chi connectivity index (χ1v) is 12.4. The second-order valence-corrected chi connectivity index (χ2v) is 9.97. The molecule has 1 atom stereocenters. The molecule has 1 unspecified atom stereocenters. The lowest BCUT2D eigenvalue weighted by Gasteiger charge is -2.35. The van der Waals surface area contributed by atoms with Crippen molar-refractivity contribution in [3.05, 3.63) is 41.3 Å². The molecule has 1 saturated heterocycles. The Balaban J connectivity index is 1.38. The van der Waals surface area contributed by atoms with E-state index in [-0.39, 0.29) is 18.1 Å². The van der Waals surface area contributed by atoms with Crippen molar-refractivity contribution in [1.82, 2.24) is 9.80 Å². The first-order chi connectivity index (χ1) is 15.0. The zero-order valence-corrected chi connectivity index (χ0v) is 19.7. The van der Waals surface area contributed by atoms with E-state index in [1.807, 2.05) is 43.3 Å². The second kappa shape index (κ2) is 10.1. The standard InChI is InChI=1S/C22H28N2O5S2/c1-23(2)12-16-4-5-17(29-16)13-30-9-7-24-20(25)6-8-31-22(24)15-10-18(26-3)21-19(11-15)27-14-28-21/h4-5,10-11,22H,6-9,12-14H2,1-3H3. The smallest absolute Gasteiger partial charge is 0.231 e. The average molecular weight is 465 g/mol. The molecule has 4 rings (SSSR count). The molecular weight excluding hydrogens is 436 g/mol. The molecule has 0 N–H and O–H groups in total. The Morgan fingerprint density at radius 1 is 1.26 bits per heavy atom. The fourth-order valence-corrected chi connectivity index (χ4v) is 5.74. The number of thioether (sulfide) groups is 2. The number of nitrogens with zero attached hydrogens (tertiary/aromatic N) is 2. The van der Waals surface area contributed by atoms with Crippen LogP contribution in [0.3, 0.4) is 0 Å². The summed E-state index contributed by atoms with van der Waals surface area (Å²) in [6, 6.07) is 7.99. The number of hydrogen-bond donors (Lipinski definition) is 0. The van der Waals surface area contributed by atoms with Gasteiger partial charge in [-0.15, -0.1) is 11.8 Å². The zero-order chi connectivity index (χ0) is 21.8. The summed E-state index contributed by atoms with van der Waals surface area (Å²) < 4.78 is 22.4. The van der Waals surface area contributed by atoms with E-state index in [1.54, 1.807) is 30.6 Å². The van der Waals surface area contributed by atoms with E-state index in [1.165, 1.54) is 0 Å². The highest BCUT2D eigenvalue weighted by Gasteiger charge is 2.32. The van der Waals surface area contributed by atoms with Crippen LogP contribution < -0.4 is 14.2 Å². The summed E-state index contributed by atoms with van der Waals surface area (Å²) in [5.74, 6) is 6.53. The highest BCUT2D eigenvalue weighted by molar-refractivity contribution is 7.99. The van der Waals surface area contributed by atoms with Crippen LogP contribution in [0.5, 0.6) is 17.2 Å². The van der Waals surface area contributed by atoms with E-state index in [2.05, 4.69) is 4.90 Å². The van der Waals surface area contributed by atoms with Gasteiger partial charge in [0.15, 0.2) is 11.5 Å². The van der Waals surface area contributed by atoms with Crippen LogP contribution in [0.2, 0.25) is 0 Å². The molecule has 168 valence electrons. The fourth-order valence-electron chi connectivity index (χ4n) is 3.67. The SMILES string of the molecule is COc1cc(C2SCCC(=O)N2CCSCc2ccc(CN(C)C)o2)cc2c1OCO2. The quantitative estimate of drug-likeness (QED) is 0.517. The molecule has 0 bridgehead atoms. The van der Waals surface area contributed by atoms with Gasteiger partial charge >= 0.3 is 0 Å². The minimum Gasteiger partial charge on any atom is -0.493 e. The number of carbonyl (C=O) groups excluding carboxylic acids is 1. The number of rotatable bonds is 9. The molecule has 1 amide bonds. The summed E-state index contributed by atoms with van der Waals surface area (Å²) in [5.41, 5.74) is 1.00. The summed E-state index contributed by atoms with van der Waals surface area (Å²) >= 11 is 3.56. The predicted molar refractivity (Wildman–Crippen MR) is 123 cm³/mol. The topological polar surface area (TPSA) is 64.4 Å². The van der Waals surface area contributed by atoms with Gasteiger partial charge in [0, 0.05) is 24.5 Å². The Morgan fingerprint density at radius 2 is 2.10 bits per heavy atom. The summed E-state index contributed by atoms with van der Waals surface area (Å²) in [6.45, 7) is 1.67. The highest BCUT2D eigenvalue weighted by atomic mass is 32.2. The summed E-state index contributed by atoms with van der Waals surface area (Å²) in [7, 11) is 5.67. The van der Waals surface area contributed by atoms with Gasteiger partial charge in [-0.05, 0) is 43.9 Å². The van der Waals surface area contributed by atoms with Gasteiger partial charge < -0.3 is 28.4 Å². The van der Waals surface area contributed by atoms with Crippen LogP contribution in [0.15, 0.2) is 28.7 Å². The van der Waals surface area contributed by atoms with Crippen LogP contribution in [-0.4, -0.2) is 61.8 Å². The lowest BCUT2D eigenvalue weighted by molar-refractivity contribution is -0.131.